The summed E-state index contributed by atoms with van der Waals surface area (Å²) in [4.78, 5) is 0. The van der Waals surface area contributed by atoms with Crippen LogP contribution in [0, 0.1) is 0 Å². The Bertz CT molecular complexity index is 383. The predicted molar refractivity (Wildman–Crippen MR) is 63.5 cm³/mol. The van der Waals surface area contributed by atoms with Crippen molar-refractivity contribution in [2.45, 2.75) is 0 Å². The first-order chi connectivity index (χ1) is 6.34. The van der Waals surface area contributed by atoms with Gasteiger partial charge in [0.05, 0.1) is 0 Å². The van der Waals surface area contributed by atoms with Crippen LogP contribution in [-0.2, 0) is 0 Å². The van der Waals surface area contributed by atoms with Gasteiger partial charge in [-0.25, -0.2) is 0 Å². The molecule has 1 heterocycles. The molecule has 0 aliphatic heterocycles. The van der Waals surface area contributed by atoms with Crippen molar-refractivity contribution in [1.29, 1.82) is 0 Å². The van der Waals surface area contributed by atoms with Gasteiger partial charge in [0.2, 0.25) is 0 Å². The summed E-state index contributed by atoms with van der Waals surface area (Å²) in [7, 11) is 0. The molecule has 0 fully saturated rings. The first-order valence-corrected chi connectivity index (χ1v) is 7.15. The Balaban J connectivity index is 2.15. The van der Waals surface area contributed by atoms with Gasteiger partial charge in [-0.2, -0.15) is 0 Å². The van der Waals surface area contributed by atoms with Crippen molar-refractivity contribution in [1.82, 2.24) is 0 Å². The maximum absolute atomic E-state index is 3.47. The Morgan fingerprint density at radius 2 is 1.77 bits per heavy atom. The Hall–Kier alpha value is -0.0805. The molecule has 0 N–H and O–H groups in total. The minimum absolute atomic E-state index is 0.470. The van der Waals surface area contributed by atoms with Gasteiger partial charge in [0.1, 0.15) is 0 Å². The van der Waals surface area contributed by atoms with Crippen molar-refractivity contribution in [3.8, 4) is 0 Å². The standard InChI is InChI=1S/C10H7BrSSe/c11-9-6-7-10(12-9)13-8-4-2-1-3-5-8/h1-7H. The van der Waals surface area contributed by atoms with Gasteiger partial charge in [0.15, 0.2) is 0 Å². The van der Waals surface area contributed by atoms with E-state index in [0.717, 1.165) is 0 Å². The molecule has 0 saturated heterocycles. The average Bonchev–Trinajstić information content (AvgIpc) is 2.53. The molecule has 0 aliphatic rings. The molecule has 0 radical (unpaired) electrons. The molecular weight excluding hydrogens is 311 g/mol. The Morgan fingerprint density at radius 1 is 1.00 bits per heavy atom. The fourth-order valence-electron chi connectivity index (χ4n) is 0.957. The van der Waals surface area contributed by atoms with E-state index in [1.54, 1.807) is 0 Å². The molecule has 66 valence electrons. The van der Waals surface area contributed by atoms with Crippen molar-refractivity contribution >= 4 is 50.5 Å². The van der Waals surface area contributed by atoms with Crippen molar-refractivity contribution in [3.05, 3.63) is 46.3 Å². The van der Waals surface area contributed by atoms with Crippen LogP contribution in [-0.4, -0.2) is 15.0 Å². The number of hydrogen-bond donors (Lipinski definition) is 0. The van der Waals surface area contributed by atoms with Crippen molar-refractivity contribution in [2.75, 3.05) is 0 Å². The SMILES string of the molecule is Brc1ccc([Se]c2ccccc2)s1. The van der Waals surface area contributed by atoms with Gasteiger partial charge in [-0.3, -0.25) is 0 Å². The van der Waals surface area contributed by atoms with E-state index in [4.69, 9.17) is 0 Å². The summed E-state index contributed by atoms with van der Waals surface area (Å²) >= 11 is 5.77. The summed E-state index contributed by atoms with van der Waals surface area (Å²) in [5.74, 6) is 0. The average molecular weight is 318 g/mol. The molecule has 0 aliphatic carbocycles. The minimum atomic E-state index is 0.470. The van der Waals surface area contributed by atoms with E-state index in [1.165, 1.54) is 12.0 Å². The number of hydrogen-bond acceptors (Lipinski definition) is 1. The monoisotopic (exact) mass is 318 g/mol. The first-order valence-electron chi connectivity index (χ1n) is 3.83. The van der Waals surface area contributed by atoms with E-state index >= 15 is 0 Å². The molecule has 2 aromatic rings. The zero-order chi connectivity index (χ0) is 9.10. The van der Waals surface area contributed by atoms with Crippen LogP contribution >= 0.6 is 27.3 Å². The molecule has 0 amide bonds. The zero-order valence-electron chi connectivity index (χ0n) is 6.74. The Kier molecular flexibility index (Phi) is 3.23. The molecule has 0 saturated carbocycles. The molecule has 3 heteroatoms. The van der Waals surface area contributed by atoms with Gasteiger partial charge < -0.3 is 0 Å². The molecule has 0 bridgehead atoms. The Labute approximate surface area is 96.3 Å². The third-order valence-corrected chi connectivity index (χ3v) is 5.66. The van der Waals surface area contributed by atoms with Gasteiger partial charge in [-0.05, 0) is 0 Å². The quantitative estimate of drug-likeness (QED) is 0.745. The predicted octanol–water partition coefficient (Wildman–Crippen LogP) is 2.17. The van der Waals surface area contributed by atoms with Crippen molar-refractivity contribution in [2.24, 2.45) is 0 Å². The Morgan fingerprint density at radius 3 is 2.38 bits per heavy atom. The van der Waals surface area contributed by atoms with Gasteiger partial charge >= 0.3 is 96.7 Å². The molecule has 0 atom stereocenters. The second-order valence-electron chi connectivity index (χ2n) is 2.47. The van der Waals surface area contributed by atoms with Crippen LogP contribution in [0.3, 0.4) is 0 Å². The van der Waals surface area contributed by atoms with Crippen LogP contribution in [0.25, 0.3) is 0 Å². The zero-order valence-corrected chi connectivity index (χ0v) is 10.9. The van der Waals surface area contributed by atoms with Crippen LogP contribution < -0.4 is 8.24 Å². The van der Waals surface area contributed by atoms with Gasteiger partial charge in [0, 0.05) is 0 Å². The van der Waals surface area contributed by atoms with Crippen LogP contribution in [0.2, 0.25) is 0 Å². The first kappa shape index (κ1) is 9.47. The molecule has 2 rings (SSSR count). The second-order valence-corrected chi connectivity index (χ2v) is 7.86. The molecule has 1 aromatic carbocycles. The molecule has 1 aromatic heterocycles. The molecular formula is C10H7BrSSe. The number of rotatable bonds is 2. The number of benzene rings is 1. The molecule has 0 unspecified atom stereocenters. The summed E-state index contributed by atoms with van der Waals surface area (Å²) in [6.45, 7) is 0. The normalized spacial score (nSPS) is 10.2. The number of thiophene rings is 1. The summed E-state index contributed by atoms with van der Waals surface area (Å²) in [6.07, 6.45) is 0. The summed E-state index contributed by atoms with van der Waals surface area (Å²) in [6, 6.07) is 14.9. The topological polar surface area (TPSA) is 0 Å². The van der Waals surface area contributed by atoms with Gasteiger partial charge in [-0.1, -0.05) is 0 Å². The van der Waals surface area contributed by atoms with E-state index in [0.29, 0.717) is 15.0 Å². The van der Waals surface area contributed by atoms with Crippen LogP contribution in [0.1, 0.15) is 0 Å². The fraction of sp³-hybridized carbons (Fsp3) is 0. The number of halogens is 1. The third kappa shape index (κ3) is 2.68. The van der Waals surface area contributed by atoms with E-state index in [-0.39, 0.29) is 0 Å². The maximum atomic E-state index is 3.47. The van der Waals surface area contributed by atoms with E-state index in [2.05, 4.69) is 58.4 Å². The van der Waals surface area contributed by atoms with Gasteiger partial charge in [-0.15, -0.1) is 0 Å². The van der Waals surface area contributed by atoms with Crippen molar-refractivity contribution in [3.63, 3.8) is 0 Å². The van der Waals surface area contributed by atoms with Crippen LogP contribution in [0.5, 0.6) is 0 Å². The van der Waals surface area contributed by atoms with Crippen LogP contribution in [0.15, 0.2) is 46.3 Å². The second kappa shape index (κ2) is 4.43. The fourth-order valence-corrected chi connectivity index (χ4v) is 5.56. The van der Waals surface area contributed by atoms with E-state index in [1.807, 2.05) is 11.3 Å². The van der Waals surface area contributed by atoms with Crippen LogP contribution in [0.4, 0.5) is 0 Å². The summed E-state index contributed by atoms with van der Waals surface area (Å²) in [5.41, 5.74) is 0. The van der Waals surface area contributed by atoms with Crippen molar-refractivity contribution < 1.29 is 0 Å². The van der Waals surface area contributed by atoms with Gasteiger partial charge in [0.25, 0.3) is 0 Å². The van der Waals surface area contributed by atoms with E-state index in [9.17, 15) is 0 Å². The molecule has 0 spiro atoms. The summed E-state index contributed by atoms with van der Waals surface area (Å²) < 4.78 is 4.12. The third-order valence-electron chi connectivity index (χ3n) is 1.51. The molecule has 0 nitrogen and oxygen atoms in total. The molecule has 13 heavy (non-hydrogen) atoms. The summed E-state index contributed by atoms with van der Waals surface area (Å²) in [5, 5.41) is 0. The van der Waals surface area contributed by atoms with E-state index < -0.39 is 0 Å².